The molecule has 0 fully saturated rings. The minimum absolute atomic E-state index is 0.379. The average Bonchev–Trinajstić information content (AvgIpc) is 2.82. The summed E-state index contributed by atoms with van der Waals surface area (Å²) in [5.74, 6) is 1.32. The van der Waals surface area contributed by atoms with E-state index in [9.17, 15) is 4.79 Å². The van der Waals surface area contributed by atoms with Gasteiger partial charge in [-0.25, -0.2) is 4.79 Å². The average molecular weight is 476 g/mol. The van der Waals surface area contributed by atoms with Gasteiger partial charge in [-0.05, 0) is 55.0 Å². The van der Waals surface area contributed by atoms with Crippen molar-refractivity contribution < 1.29 is 9.15 Å². The molecule has 1 heterocycles. The van der Waals surface area contributed by atoms with Gasteiger partial charge in [0.15, 0.2) is 0 Å². The second-order valence-electron chi connectivity index (χ2n) is 6.98. The first-order valence-electron chi connectivity index (χ1n) is 10.0. The van der Waals surface area contributed by atoms with Crippen molar-refractivity contribution in [3.8, 4) is 28.2 Å². The van der Waals surface area contributed by atoms with Gasteiger partial charge in [-0.3, -0.25) is 0 Å². The maximum absolute atomic E-state index is 13.1. The molecule has 0 spiro atoms. The lowest BCUT2D eigenvalue weighted by molar-refractivity contribution is 0.415. The van der Waals surface area contributed by atoms with Crippen LogP contribution in [0, 0.1) is 0 Å². The second kappa shape index (κ2) is 9.23. The van der Waals surface area contributed by atoms with Crippen LogP contribution in [0.2, 0.25) is 0 Å². The van der Waals surface area contributed by atoms with Crippen molar-refractivity contribution >= 4 is 27.3 Å². The normalized spacial score (nSPS) is 10.7. The number of nitrogens with zero attached hydrogens (tertiary/aromatic N) is 1. The summed E-state index contributed by atoms with van der Waals surface area (Å²) in [5.41, 5.74) is 3.70. The predicted octanol–water partition coefficient (Wildman–Crippen LogP) is 6.90. The molecule has 3 aromatic carbocycles. The van der Waals surface area contributed by atoms with Crippen molar-refractivity contribution in [3.05, 3.63) is 99.8 Å². The molecule has 0 aliphatic heterocycles. The van der Waals surface area contributed by atoms with Gasteiger partial charge in [0, 0.05) is 27.8 Å². The molecular formula is C26H22BrNO3. The zero-order valence-electron chi connectivity index (χ0n) is 17.3. The molecule has 0 amide bonds. The molecule has 0 bridgehead atoms. The molecule has 4 rings (SSSR count). The largest absolute Gasteiger partial charge is 0.497 e. The quantitative estimate of drug-likeness (QED) is 0.304. The van der Waals surface area contributed by atoms with Crippen LogP contribution in [0.3, 0.4) is 0 Å². The molecule has 0 aliphatic rings. The number of methoxy groups -OCH3 is 1. The maximum Gasteiger partial charge on any atom is 0.360 e. The van der Waals surface area contributed by atoms with Crippen LogP contribution >= 0.6 is 15.9 Å². The van der Waals surface area contributed by atoms with Gasteiger partial charge in [-0.2, -0.15) is 0 Å². The van der Waals surface area contributed by atoms with Crippen LogP contribution in [0.1, 0.15) is 6.92 Å². The van der Waals surface area contributed by atoms with E-state index in [1.807, 2.05) is 96.8 Å². The number of halogens is 1. The molecule has 4 nitrogen and oxygen atoms in total. The van der Waals surface area contributed by atoms with E-state index in [1.54, 1.807) is 7.11 Å². The fourth-order valence-corrected chi connectivity index (χ4v) is 3.82. The van der Waals surface area contributed by atoms with E-state index in [2.05, 4.69) is 15.9 Å². The lowest BCUT2D eigenvalue weighted by atomic mass is 10.00. The molecule has 4 aromatic rings. The third-order valence-electron chi connectivity index (χ3n) is 5.11. The van der Waals surface area contributed by atoms with Gasteiger partial charge in [0.05, 0.1) is 7.11 Å². The Morgan fingerprint density at radius 1 is 0.903 bits per heavy atom. The smallest absolute Gasteiger partial charge is 0.360 e. The Morgan fingerprint density at radius 2 is 1.58 bits per heavy atom. The van der Waals surface area contributed by atoms with Crippen LogP contribution in [0.15, 0.2) is 98.6 Å². The number of anilines is 2. The number of rotatable bonds is 6. The van der Waals surface area contributed by atoms with Crippen molar-refractivity contribution in [1.29, 1.82) is 0 Å². The molecule has 0 unspecified atom stereocenters. The van der Waals surface area contributed by atoms with Gasteiger partial charge in [0.2, 0.25) is 0 Å². The molecular weight excluding hydrogens is 454 g/mol. The Balaban J connectivity index is 1.89. The molecule has 5 heteroatoms. The number of benzene rings is 3. The SMILES string of the molecule is CCN(c1ccc(OC)cc1)c1cc(-c2ccccc2)c(-c2ccc(Br)cc2)oc1=O. The number of hydrogen-bond acceptors (Lipinski definition) is 4. The maximum atomic E-state index is 13.1. The number of ether oxygens (including phenoxy) is 1. The first-order valence-corrected chi connectivity index (χ1v) is 10.8. The minimum atomic E-state index is -0.379. The molecule has 0 aliphatic carbocycles. The minimum Gasteiger partial charge on any atom is -0.497 e. The van der Waals surface area contributed by atoms with Crippen molar-refractivity contribution in [2.45, 2.75) is 6.92 Å². The highest BCUT2D eigenvalue weighted by atomic mass is 79.9. The van der Waals surface area contributed by atoms with Crippen LogP contribution in [0.4, 0.5) is 11.4 Å². The Hall–Kier alpha value is -3.31. The Labute approximate surface area is 189 Å². The highest BCUT2D eigenvalue weighted by Gasteiger charge is 2.19. The summed E-state index contributed by atoms with van der Waals surface area (Å²) < 4.78 is 12.2. The van der Waals surface area contributed by atoms with E-state index < -0.39 is 0 Å². The summed E-state index contributed by atoms with van der Waals surface area (Å²) >= 11 is 3.46. The van der Waals surface area contributed by atoms with E-state index in [-0.39, 0.29) is 5.63 Å². The van der Waals surface area contributed by atoms with E-state index in [0.29, 0.717) is 18.0 Å². The van der Waals surface area contributed by atoms with Gasteiger partial charge < -0.3 is 14.1 Å². The Kier molecular flexibility index (Phi) is 6.23. The standard InChI is InChI=1S/C26H22BrNO3/c1-3-28(21-13-15-22(30-2)16-14-21)24-17-23(18-7-5-4-6-8-18)25(31-26(24)29)19-9-11-20(27)12-10-19/h4-17H,3H2,1-2H3. The van der Waals surface area contributed by atoms with Gasteiger partial charge in [-0.1, -0.05) is 58.4 Å². The Morgan fingerprint density at radius 3 is 2.19 bits per heavy atom. The summed E-state index contributed by atoms with van der Waals surface area (Å²) in [7, 11) is 1.63. The summed E-state index contributed by atoms with van der Waals surface area (Å²) in [6.45, 7) is 2.62. The summed E-state index contributed by atoms with van der Waals surface area (Å²) in [6, 6.07) is 27.3. The highest BCUT2D eigenvalue weighted by Crippen LogP contribution is 2.35. The lowest BCUT2D eigenvalue weighted by Gasteiger charge is -2.23. The van der Waals surface area contributed by atoms with Crippen LogP contribution in [-0.4, -0.2) is 13.7 Å². The van der Waals surface area contributed by atoms with Crippen LogP contribution in [0.5, 0.6) is 5.75 Å². The zero-order chi connectivity index (χ0) is 21.8. The van der Waals surface area contributed by atoms with Gasteiger partial charge >= 0.3 is 5.63 Å². The van der Waals surface area contributed by atoms with Gasteiger partial charge in [-0.15, -0.1) is 0 Å². The van der Waals surface area contributed by atoms with Gasteiger partial charge in [0.25, 0.3) is 0 Å². The molecule has 0 saturated heterocycles. The third kappa shape index (κ3) is 4.42. The third-order valence-corrected chi connectivity index (χ3v) is 5.64. The molecule has 31 heavy (non-hydrogen) atoms. The zero-order valence-corrected chi connectivity index (χ0v) is 18.9. The Bertz CT molecular complexity index is 1220. The molecule has 156 valence electrons. The van der Waals surface area contributed by atoms with Crippen molar-refractivity contribution in [3.63, 3.8) is 0 Å². The molecule has 0 radical (unpaired) electrons. The molecule has 1 aromatic heterocycles. The highest BCUT2D eigenvalue weighted by molar-refractivity contribution is 9.10. The first-order chi connectivity index (χ1) is 15.1. The van der Waals surface area contributed by atoms with E-state index in [1.165, 1.54) is 0 Å². The summed E-state index contributed by atoms with van der Waals surface area (Å²) in [6.07, 6.45) is 0. The van der Waals surface area contributed by atoms with E-state index in [4.69, 9.17) is 9.15 Å². The van der Waals surface area contributed by atoms with E-state index in [0.717, 1.165) is 32.6 Å². The monoisotopic (exact) mass is 475 g/mol. The summed E-state index contributed by atoms with van der Waals surface area (Å²) in [5, 5.41) is 0. The number of hydrogen-bond donors (Lipinski definition) is 0. The van der Waals surface area contributed by atoms with E-state index >= 15 is 0 Å². The van der Waals surface area contributed by atoms with Crippen molar-refractivity contribution in [2.24, 2.45) is 0 Å². The fraction of sp³-hybridized carbons (Fsp3) is 0.115. The first kappa shape index (κ1) is 20.9. The molecule has 0 atom stereocenters. The van der Waals surface area contributed by atoms with Crippen molar-refractivity contribution in [1.82, 2.24) is 0 Å². The molecule has 0 N–H and O–H groups in total. The topological polar surface area (TPSA) is 42.7 Å². The van der Waals surface area contributed by atoms with Crippen LogP contribution in [0.25, 0.3) is 22.5 Å². The second-order valence-corrected chi connectivity index (χ2v) is 7.89. The van der Waals surface area contributed by atoms with Crippen LogP contribution < -0.4 is 15.3 Å². The van der Waals surface area contributed by atoms with Gasteiger partial charge in [0.1, 0.15) is 17.2 Å². The molecule has 0 saturated carbocycles. The summed E-state index contributed by atoms with van der Waals surface area (Å²) in [4.78, 5) is 15.1. The fourth-order valence-electron chi connectivity index (χ4n) is 3.55. The lowest BCUT2D eigenvalue weighted by Crippen LogP contribution is -2.23. The van der Waals surface area contributed by atoms with Crippen molar-refractivity contribution in [2.75, 3.05) is 18.6 Å². The van der Waals surface area contributed by atoms with Crippen LogP contribution in [-0.2, 0) is 0 Å². The predicted molar refractivity (Wildman–Crippen MR) is 129 cm³/mol.